The van der Waals surface area contributed by atoms with Crippen molar-refractivity contribution in [2.45, 2.75) is 32.4 Å². The maximum Gasteiger partial charge on any atom is 0.323 e. The van der Waals surface area contributed by atoms with Crippen molar-refractivity contribution in [1.82, 2.24) is 10.3 Å². The molecule has 102 valence electrons. The van der Waals surface area contributed by atoms with Crippen LogP contribution >= 0.6 is 22.7 Å². The summed E-state index contributed by atoms with van der Waals surface area (Å²) in [5, 5.41) is 19.3. The van der Waals surface area contributed by atoms with Gasteiger partial charge in [0.15, 0.2) is 0 Å². The standard InChI is InChI=1S/C13H16N2O2S2/c1-3-13(2,12(16)17)14-6-10-8-19-11(15-10)9-4-5-18-7-9/h4-5,7-8,14H,3,6H2,1-2H3,(H,16,17). The Morgan fingerprint density at radius 3 is 2.89 bits per heavy atom. The fourth-order valence-electron chi connectivity index (χ4n) is 1.54. The minimum absolute atomic E-state index is 0.470. The molecule has 0 aliphatic rings. The average molecular weight is 296 g/mol. The molecule has 19 heavy (non-hydrogen) atoms. The number of thiazole rings is 1. The molecule has 4 nitrogen and oxygen atoms in total. The summed E-state index contributed by atoms with van der Waals surface area (Å²) in [6.07, 6.45) is 0.532. The number of nitrogens with one attached hydrogen (secondary N) is 1. The van der Waals surface area contributed by atoms with Crippen LogP contribution < -0.4 is 5.32 Å². The molecule has 2 heterocycles. The monoisotopic (exact) mass is 296 g/mol. The lowest BCUT2D eigenvalue weighted by Gasteiger charge is -2.24. The molecule has 6 heteroatoms. The van der Waals surface area contributed by atoms with Gasteiger partial charge in [-0.25, -0.2) is 4.98 Å². The van der Waals surface area contributed by atoms with Gasteiger partial charge in [0.05, 0.1) is 5.69 Å². The van der Waals surface area contributed by atoms with Gasteiger partial charge in [-0.2, -0.15) is 11.3 Å². The van der Waals surface area contributed by atoms with Crippen molar-refractivity contribution in [3.8, 4) is 10.6 Å². The lowest BCUT2D eigenvalue weighted by atomic mass is 9.99. The van der Waals surface area contributed by atoms with Crippen molar-refractivity contribution in [3.63, 3.8) is 0 Å². The summed E-state index contributed by atoms with van der Waals surface area (Å²) in [7, 11) is 0. The number of rotatable bonds is 6. The van der Waals surface area contributed by atoms with Crippen molar-refractivity contribution in [3.05, 3.63) is 27.9 Å². The van der Waals surface area contributed by atoms with Crippen LogP contribution in [0.5, 0.6) is 0 Å². The molecule has 1 unspecified atom stereocenters. The Hall–Kier alpha value is -1.24. The number of nitrogens with zero attached hydrogens (tertiary/aromatic N) is 1. The van der Waals surface area contributed by atoms with Crippen LogP contribution in [-0.2, 0) is 11.3 Å². The van der Waals surface area contributed by atoms with Crippen LogP contribution in [-0.4, -0.2) is 21.6 Å². The number of carboxylic acids is 1. The first-order valence-corrected chi connectivity index (χ1v) is 7.83. The molecule has 0 fully saturated rings. The van der Waals surface area contributed by atoms with E-state index in [1.807, 2.05) is 23.8 Å². The third kappa shape index (κ3) is 3.20. The number of hydrogen-bond donors (Lipinski definition) is 2. The fourth-order valence-corrected chi connectivity index (χ4v) is 3.08. The average Bonchev–Trinajstić information content (AvgIpc) is 3.05. The van der Waals surface area contributed by atoms with E-state index in [0.29, 0.717) is 13.0 Å². The quantitative estimate of drug-likeness (QED) is 0.859. The second kappa shape index (κ2) is 5.81. The SMILES string of the molecule is CCC(C)(NCc1csc(-c2ccsc2)n1)C(=O)O. The van der Waals surface area contributed by atoms with Crippen LogP contribution in [0.15, 0.2) is 22.2 Å². The van der Waals surface area contributed by atoms with E-state index in [-0.39, 0.29) is 0 Å². The molecule has 0 aliphatic heterocycles. The van der Waals surface area contributed by atoms with Gasteiger partial charge in [0.2, 0.25) is 0 Å². The number of carbonyl (C=O) groups is 1. The summed E-state index contributed by atoms with van der Waals surface area (Å²) in [4.78, 5) is 15.7. The van der Waals surface area contributed by atoms with Crippen LogP contribution in [0.1, 0.15) is 26.0 Å². The van der Waals surface area contributed by atoms with Crippen molar-refractivity contribution in [2.75, 3.05) is 0 Å². The van der Waals surface area contributed by atoms with Crippen molar-refractivity contribution < 1.29 is 9.90 Å². The van der Waals surface area contributed by atoms with E-state index in [4.69, 9.17) is 0 Å². The molecule has 0 radical (unpaired) electrons. The van der Waals surface area contributed by atoms with Crippen LogP contribution in [0.25, 0.3) is 10.6 Å². The second-order valence-corrected chi connectivity index (χ2v) is 6.14. The number of thiophene rings is 1. The second-order valence-electron chi connectivity index (χ2n) is 4.50. The van der Waals surface area contributed by atoms with Gasteiger partial charge in [0.1, 0.15) is 10.5 Å². The first-order chi connectivity index (χ1) is 9.05. The molecule has 2 aromatic heterocycles. The molecular weight excluding hydrogens is 280 g/mol. The van der Waals surface area contributed by atoms with E-state index < -0.39 is 11.5 Å². The Morgan fingerprint density at radius 1 is 1.53 bits per heavy atom. The van der Waals surface area contributed by atoms with E-state index >= 15 is 0 Å². The van der Waals surface area contributed by atoms with Crippen LogP contribution in [0.2, 0.25) is 0 Å². The Bertz CT molecular complexity index is 551. The molecule has 0 amide bonds. The molecule has 0 spiro atoms. The summed E-state index contributed by atoms with van der Waals surface area (Å²) < 4.78 is 0. The Labute approximate surface area is 120 Å². The highest BCUT2D eigenvalue weighted by Crippen LogP contribution is 2.25. The van der Waals surface area contributed by atoms with Crippen molar-refractivity contribution in [1.29, 1.82) is 0 Å². The molecule has 1 atom stereocenters. The topological polar surface area (TPSA) is 62.2 Å². The molecular formula is C13H16N2O2S2. The highest BCUT2D eigenvalue weighted by atomic mass is 32.1. The van der Waals surface area contributed by atoms with Crippen molar-refractivity contribution >= 4 is 28.6 Å². The zero-order valence-corrected chi connectivity index (χ0v) is 12.5. The molecule has 2 aromatic rings. The van der Waals surface area contributed by atoms with Gasteiger partial charge in [-0.3, -0.25) is 10.1 Å². The van der Waals surface area contributed by atoms with Crippen LogP contribution in [0.4, 0.5) is 0 Å². The van der Waals surface area contributed by atoms with Crippen molar-refractivity contribution in [2.24, 2.45) is 0 Å². The van der Waals surface area contributed by atoms with Crippen LogP contribution in [0.3, 0.4) is 0 Å². The van der Waals surface area contributed by atoms with Crippen LogP contribution in [0, 0.1) is 0 Å². The number of carboxylic acid groups (broad SMARTS) is 1. The largest absolute Gasteiger partial charge is 0.480 e. The van der Waals surface area contributed by atoms with Gasteiger partial charge >= 0.3 is 5.97 Å². The summed E-state index contributed by atoms with van der Waals surface area (Å²) in [5.41, 5.74) is 1.11. The van der Waals surface area contributed by atoms with E-state index in [2.05, 4.69) is 15.7 Å². The fraction of sp³-hybridized carbons (Fsp3) is 0.385. The minimum atomic E-state index is -0.897. The third-order valence-corrected chi connectivity index (χ3v) is 4.78. The van der Waals surface area contributed by atoms with E-state index in [0.717, 1.165) is 16.3 Å². The normalized spacial score (nSPS) is 14.2. The zero-order chi connectivity index (χ0) is 13.9. The molecule has 0 saturated carbocycles. The summed E-state index contributed by atoms with van der Waals surface area (Å²) in [6, 6.07) is 2.04. The number of aliphatic carboxylic acids is 1. The van der Waals surface area contributed by atoms with Gasteiger partial charge in [0, 0.05) is 22.9 Å². The Kier molecular flexibility index (Phi) is 4.34. The maximum absolute atomic E-state index is 11.2. The Balaban J connectivity index is 2.03. The molecule has 0 aromatic carbocycles. The lowest BCUT2D eigenvalue weighted by Crippen LogP contribution is -2.48. The Morgan fingerprint density at radius 2 is 2.32 bits per heavy atom. The third-order valence-electron chi connectivity index (χ3n) is 3.16. The van der Waals surface area contributed by atoms with Gasteiger partial charge < -0.3 is 5.11 Å². The smallest absolute Gasteiger partial charge is 0.323 e. The minimum Gasteiger partial charge on any atom is -0.480 e. The highest BCUT2D eigenvalue weighted by molar-refractivity contribution is 7.14. The predicted octanol–water partition coefficient (Wildman–Crippen LogP) is 3.21. The van der Waals surface area contributed by atoms with Gasteiger partial charge in [-0.15, -0.1) is 11.3 Å². The van der Waals surface area contributed by atoms with Gasteiger partial charge in [-0.1, -0.05) is 6.92 Å². The molecule has 0 saturated heterocycles. The first-order valence-electron chi connectivity index (χ1n) is 6.00. The maximum atomic E-state index is 11.2. The molecule has 0 aliphatic carbocycles. The lowest BCUT2D eigenvalue weighted by molar-refractivity contribution is -0.144. The number of hydrogen-bond acceptors (Lipinski definition) is 5. The summed E-state index contributed by atoms with van der Waals surface area (Å²) in [5.74, 6) is -0.830. The molecule has 2 N–H and O–H groups in total. The first kappa shape index (κ1) is 14.2. The summed E-state index contributed by atoms with van der Waals surface area (Å²) in [6.45, 7) is 4.03. The molecule has 0 bridgehead atoms. The van der Waals surface area contributed by atoms with E-state index in [9.17, 15) is 9.90 Å². The number of aromatic nitrogens is 1. The zero-order valence-electron chi connectivity index (χ0n) is 10.8. The summed E-state index contributed by atoms with van der Waals surface area (Å²) >= 11 is 3.22. The van der Waals surface area contributed by atoms with E-state index in [1.165, 1.54) is 0 Å². The van der Waals surface area contributed by atoms with E-state index in [1.54, 1.807) is 29.6 Å². The molecule has 2 rings (SSSR count). The predicted molar refractivity (Wildman–Crippen MR) is 78.6 cm³/mol. The highest BCUT2D eigenvalue weighted by Gasteiger charge is 2.30. The van der Waals surface area contributed by atoms with Gasteiger partial charge in [-0.05, 0) is 24.8 Å². The van der Waals surface area contributed by atoms with Gasteiger partial charge in [0.25, 0.3) is 0 Å².